The van der Waals surface area contributed by atoms with Gasteiger partial charge < -0.3 is 0 Å². The van der Waals surface area contributed by atoms with E-state index in [0.29, 0.717) is 22.6 Å². The van der Waals surface area contributed by atoms with Gasteiger partial charge in [0.2, 0.25) is 10.0 Å². The molecule has 0 aliphatic rings. The molecule has 0 radical (unpaired) electrons. The van der Waals surface area contributed by atoms with E-state index in [1.165, 1.54) is 11.3 Å². The first-order chi connectivity index (χ1) is 7.95. The van der Waals surface area contributed by atoms with Crippen LogP contribution in [0.2, 0.25) is 0 Å². The molecule has 1 unspecified atom stereocenters. The highest BCUT2D eigenvalue weighted by Gasteiger charge is 2.15. The lowest BCUT2D eigenvalue weighted by Gasteiger charge is -2.07. The third kappa shape index (κ3) is 4.95. The summed E-state index contributed by atoms with van der Waals surface area (Å²) in [5.41, 5.74) is 0. The monoisotopic (exact) mass is 295 g/mol. The maximum Gasteiger partial charge on any atom is 0.250 e. The first kappa shape index (κ1) is 15.0. The minimum absolute atomic E-state index is 0.389. The van der Waals surface area contributed by atoms with E-state index in [1.54, 1.807) is 6.07 Å². The molecule has 0 fully saturated rings. The molecule has 0 aliphatic carbocycles. The van der Waals surface area contributed by atoms with Crippen molar-refractivity contribution in [3.8, 4) is 0 Å². The lowest BCUT2D eigenvalue weighted by atomic mass is 10.1. The first-order valence-electron chi connectivity index (χ1n) is 5.58. The molecule has 0 spiro atoms. The number of sulfonamides is 1. The molecule has 0 aromatic carbocycles. The van der Waals surface area contributed by atoms with Crippen LogP contribution in [-0.4, -0.2) is 20.8 Å². The summed E-state index contributed by atoms with van der Waals surface area (Å²) in [6.45, 7) is 4.43. The topological polar surface area (TPSA) is 46.2 Å². The molecule has 0 bridgehead atoms. The molecule has 0 aliphatic heterocycles. The van der Waals surface area contributed by atoms with Crippen LogP contribution in [0.3, 0.4) is 0 Å². The lowest BCUT2D eigenvalue weighted by molar-refractivity contribution is 0.544. The van der Waals surface area contributed by atoms with Crippen LogP contribution >= 0.6 is 22.9 Å². The Morgan fingerprint density at radius 2 is 2.18 bits per heavy atom. The highest BCUT2D eigenvalue weighted by molar-refractivity contribution is 7.91. The van der Waals surface area contributed by atoms with E-state index in [4.69, 9.17) is 11.6 Å². The van der Waals surface area contributed by atoms with Crippen molar-refractivity contribution in [1.29, 1.82) is 0 Å². The van der Waals surface area contributed by atoms with Crippen LogP contribution in [0.15, 0.2) is 16.3 Å². The number of rotatable bonds is 7. The number of aryl methyl sites for hydroxylation is 1. The van der Waals surface area contributed by atoms with Gasteiger partial charge in [-0.1, -0.05) is 6.92 Å². The van der Waals surface area contributed by atoms with E-state index < -0.39 is 10.0 Å². The second-order valence-corrected chi connectivity index (χ2v) is 7.75. The first-order valence-corrected chi connectivity index (χ1v) is 8.41. The van der Waals surface area contributed by atoms with Crippen LogP contribution in [-0.2, 0) is 10.0 Å². The summed E-state index contributed by atoms with van der Waals surface area (Å²) >= 11 is 6.97. The lowest BCUT2D eigenvalue weighted by Crippen LogP contribution is -2.24. The molecular weight excluding hydrogens is 278 g/mol. The van der Waals surface area contributed by atoms with E-state index in [9.17, 15) is 8.42 Å². The second-order valence-electron chi connectivity index (χ2n) is 4.16. The summed E-state index contributed by atoms with van der Waals surface area (Å²) in [6, 6.07) is 3.46. The summed E-state index contributed by atoms with van der Waals surface area (Å²) < 4.78 is 26.7. The Bertz CT molecular complexity index is 442. The summed E-state index contributed by atoms with van der Waals surface area (Å²) in [6.07, 6.45) is 1.76. The van der Waals surface area contributed by atoms with Crippen LogP contribution in [0.1, 0.15) is 24.6 Å². The molecule has 1 aromatic heterocycles. The number of alkyl halides is 1. The molecule has 0 amide bonds. The smallest absolute Gasteiger partial charge is 0.210 e. The van der Waals surface area contributed by atoms with Crippen molar-refractivity contribution >= 4 is 33.0 Å². The Morgan fingerprint density at radius 1 is 1.47 bits per heavy atom. The Balaban J connectivity index is 2.41. The van der Waals surface area contributed by atoms with Crippen molar-refractivity contribution < 1.29 is 8.42 Å². The molecule has 1 N–H and O–H groups in total. The fraction of sp³-hybridized carbons (Fsp3) is 0.636. The Kier molecular flexibility index (Phi) is 5.92. The van der Waals surface area contributed by atoms with Gasteiger partial charge in [-0.3, -0.25) is 0 Å². The minimum Gasteiger partial charge on any atom is -0.210 e. The van der Waals surface area contributed by atoms with Gasteiger partial charge >= 0.3 is 0 Å². The maximum absolute atomic E-state index is 11.8. The number of nitrogens with one attached hydrogen (secondary N) is 1. The van der Waals surface area contributed by atoms with Crippen LogP contribution in [0.5, 0.6) is 0 Å². The van der Waals surface area contributed by atoms with E-state index in [1.807, 2.05) is 13.0 Å². The number of hydrogen-bond acceptors (Lipinski definition) is 3. The SMILES string of the molecule is Cc1ccc(S(=O)(=O)NCCCC(C)CCl)s1. The number of hydrogen-bond donors (Lipinski definition) is 1. The maximum atomic E-state index is 11.8. The third-order valence-corrected chi connectivity index (χ3v) is 5.89. The molecule has 0 saturated heterocycles. The van der Waals surface area contributed by atoms with Gasteiger partial charge in [-0.25, -0.2) is 13.1 Å². The van der Waals surface area contributed by atoms with E-state index in [0.717, 1.165) is 17.7 Å². The molecule has 0 saturated carbocycles. The fourth-order valence-electron chi connectivity index (χ4n) is 1.36. The third-order valence-electron chi connectivity index (χ3n) is 2.41. The molecule has 1 heterocycles. The molecular formula is C11H18ClNO2S2. The van der Waals surface area contributed by atoms with Crippen molar-refractivity contribution in [2.45, 2.75) is 30.9 Å². The van der Waals surface area contributed by atoms with Crippen LogP contribution < -0.4 is 4.72 Å². The van der Waals surface area contributed by atoms with Crippen LogP contribution in [0, 0.1) is 12.8 Å². The zero-order valence-electron chi connectivity index (χ0n) is 10.1. The van der Waals surface area contributed by atoms with Gasteiger partial charge in [0.05, 0.1) is 0 Å². The summed E-state index contributed by atoms with van der Waals surface area (Å²) in [5.74, 6) is 1.06. The molecule has 17 heavy (non-hydrogen) atoms. The predicted molar refractivity (Wildman–Crippen MR) is 73.4 cm³/mol. The van der Waals surface area contributed by atoms with E-state index in [-0.39, 0.29) is 0 Å². The number of thiophene rings is 1. The van der Waals surface area contributed by atoms with Gasteiger partial charge in [-0.2, -0.15) is 0 Å². The average molecular weight is 296 g/mol. The summed E-state index contributed by atoms with van der Waals surface area (Å²) in [4.78, 5) is 1.00. The average Bonchev–Trinajstić information content (AvgIpc) is 2.71. The van der Waals surface area contributed by atoms with Gasteiger partial charge in [-0.05, 0) is 37.8 Å². The zero-order valence-corrected chi connectivity index (χ0v) is 12.5. The largest absolute Gasteiger partial charge is 0.250 e. The van der Waals surface area contributed by atoms with Crippen molar-refractivity contribution in [3.63, 3.8) is 0 Å². The summed E-state index contributed by atoms with van der Waals surface area (Å²) in [7, 11) is -3.31. The van der Waals surface area contributed by atoms with Crippen molar-refractivity contribution in [2.24, 2.45) is 5.92 Å². The Hall–Kier alpha value is -0.100. The normalized spacial score (nSPS) is 13.8. The molecule has 1 aromatic rings. The van der Waals surface area contributed by atoms with E-state index in [2.05, 4.69) is 11.6 Å². The Morgan fingerprint density at radius 3 is 2.71 bits per heavy atom. The minimum atomic E-state index is -3.31. The summed E-state index contributed by atoms with van der Waals surface area (Å²) in [5, 5.41) is 0. The van der Waals surface area contributed by atoms with Gasteiger partial charge in [0.25, 0.3) is 0 Å². The Labute approximate surface area is 112 Å². The fourth-order valence-corrected chi connectivity index (χ4v) is 3.92. The van der Waals surface area contributed by atoms with Crippen LogP contribution in [0.25, 0.3) is 0 Å². The van der Waals surface area contributed by atoms with Crippen molar-refractivity contribution in [1.82, 2.24) is 4.72 Å². The highest BCUT2D eigenvalue weighted by atomic mass is 35.5. The molecule has 6 heteroatoms. The van der Waals surface area contributed by atoms with Gasteiger partial charge in [-0.15, -0.1) is 22.9 Å². The predicted octanol–water partition coefficient (Wildman–Crippen LogP) is 2.99. The van der Waals surface area contributed by atoms with Gasteiger partial charge in [0.1, 0.15) is 4.21 Å². The molecule has 1 rings (SSSR count). The van der Waals surface area contributed by atoms with Crippen molar-refractivity contribution in [3.05, 3.63) is 17.0 Å². The second kappa shape index (κ2) is 6.73. The van der Waals surface area contributed by atoms with Gasteiger partial charge in [0.15, 0.2) is 0 Å². The van der Waals surface area contributed by atoms with Gasteiger partial charge in [0, 0.05) is 17.3 Å². The number of halogens is 1. The standard InChI is InChI=1S/C11H18ClNO2S2/c1-9(8-12)4-3-7-13-17(14,15)11-6-5-10(2)16-11/h5-6,9,13H,3-4,7-8H2,1-2H3. The molecule has 98 valence electrons. The van der Waals surface area contributed by atoms with Crippen molar-refractivity contribution in [2.75, 3.05) is 12.4 Å². The van der Waals surface area contributed by atoms with E-state index >= 15 is 0 Å². The highest BCUT2D eigenvalue weighted by Crippen LogP contribution is 2.20. The van der Waals surface area contributed by atoms with Crippen LogP contribution in [0.4, 0.5) is 0 Å². The quantitative estimate of drug-likeness (QED) is 0.621. The molecule has 3 nitrogen and oxygen atoms in total. The molecule has 1 atom stereocenters. The zero-order chi connectivity index (χ0) is 12.9.